The maximum atomic E-state index is 11.7. The van der Waals surface area contributed by atoms with Crippen LogP contribution in [0.25, 0.3) is 0 Å². The van der Waals surface area contributed by atoms with Gasteiger partial charge in [-0.3, -0.25) is 4.79 Å². The molecule has 1 unspecified atom stereocenters. The number of hydrogen-bond acceptors (Lipinski definition) is 4. The van der Waals surface area contributed by atoms with Gasteiger partial charge in [-0.05, 0) is 37.1 Å². The van der Waals surface area contributed by atoms with Gasteiger partial charge in [-0.2, -0.15) is 0 Å². The summed E-state index contributed by atoms with van der Waals surface area (Å²) in [5.41, 5.74) is 5.48. The molecule has 5 heteroatoms. The Hall–Kier alpha value is -1.75. The zero-order valence-electron chi connectivity index (χ0n) is 9.81. The Kier molecular flexibility index (Phi) is 4.78. The van der Waals surface area contributed by atoms with E-state index in [4.69, 9.17) is 5.73 Å². The molecule has 0 aliphatic rings. The van der Waals surface area contributed by atoms with Crippen molar-refractivity contribution in [3.8, 4) is 11.5 Å². The van der Waals surface area contributed by atoms with Gasteiger partial charge in [0, 0.05) is 6.54 Å². The minimum Gasteiger partial charge on any atom is -0.508 e. The maximum Gasteiger partial charge on any atom is 0.255 e. The molecule has 0 saturated carbocycles. The summed E-state index contributed by atoms with van der Waals surface area (Å²) in [6.45, 7) is 3.05. The quantitative estimate of drug-likeness (QED) is 0.571. The van der Waals surface area contributed by atoms with Gasteiger partial charge >= 0.3 is 0 Å². The van der Waals surface area contributed by atoms with Crippen molar-refractivity contribution in [2.75, 3.05) is 13.1 Å². The first-order valence-electron chi connectivity index (χ1n) is 5.55. The van der Waals surface area contributed by atoms with Crippen LogP contribution in [-0.2, 0) is 0 Å². The number of aromatic hydroxyl groups is 2. The second-order valence-corrected chi connectivity index (χ2v) is 4.09. The molecule has 0 heterocycles. The Morgan fingerprint density at radius 1 is 1.47 bits per heavy atom. The van der Waals surface area contributed by atoms with Crippen molar-refractivity contribution in [3.05, 3.63) is 23.8 Å². The highest BCUT2D eigenvalue weighted by molar-refractivity contribution is 5.97. The molecule has 0 spiro atoms. The number of phenols is 2. The molecule has 1 aromatic rings. The van der Waals surface area contributed by atoms with Crippen molar-refractivity contribution in [2.24, 2.45) is 11.7 Å². The van der Waals surface area contributed by atoms with Crippen LogP contribution in [-0.4, -0.2) is 29.2 Å². The van der Waals surface area contributed by atoms with Crippen molar-refractivity contribution in [1.29, 1.82) is 0 Å². The highest BCUT2D eigenvalue weighted by Crippen LogP contribution is 2.21. The maximum absolute atomic E-state index is 11.7. The van der Waals surface area contributed by atoms with E-state index < -0.39 is 5.91 Å². The van der Waals surface area contributed by atoms with E-state index in [-0.39, 0.29) is 23.0 Å². The number of rotatable bonds is 5. The minimum atomic E-state index is -0.401. The molecule has 0 aliphatic carbocycles. The standard InChI is InChI=1S/C12H18N2O3/c1-8(4-5-13)7-14-12(17)10-6-9(15)2-3-11(10)16/h2-3,6,8,15-16H,4-5,7,13H2,1H3,(H,14,17). The number of nitrogens with two attached hydrogens (primary N) is 1. The summed E-state index contributed by atoms with van der Waals surface area (Å²) in [7, 11) is 0. The lowest BCUT2D eigenvalue weighted by Gasteiger charge is -2.12. The van der Waals surface area contributed by atoms with E-state index in [9.17, 15) is 15.0 Å². The second-order valence-electron chi connectivity index (χ2n) is 4.09. The third-order valence-corrected chi connectivity index (χ3v) is 2.50. The summed E-state index contributed by atoms with van der Waals surface area (Å²) >= 11 is 0. The summed E-state index contributed by atoms with van der Waals surface area (Å²) in [4.78, 5) is 11.7. The Morgan fingerprint density at radius 2 is 2.18 bits per heavy atom. The van der Waals surface area contributed by atoms with E-state index in [0.717, 1.165) is 6.42 Å². The predicted octanol–water partition coefficient (Wildman–Crippen LogP) is 0.812. The van der Waals surface area contributed by atoms with E-state index in [1.54, 1.807) is 0 Å². The molecule has 0 bridgehead atoms. The molecule has 94 valence electrons. The normalized spacial score (nSPS) is 12.1. The van der Waals surface area contributed by atoms with Gasteiger partial charge in [-0.1, -0.05) is 6.92 Å². The first-order valence-corrected chi connectivity index (χ1v) is 5.55. The predicted molar refractivity (Wildman–Crippen MR) is 64.9 cm³/mol. The number of hydrogen-bond donors (Lipinski definition) is 4. The first kappa shape index (κ1) is 13.3. The summed E-state index contributed by atoms with van der Waals surface area (Å²) in [5, 5.41) is 21.4. The molecule has 0 radical (unpaired) electrons. The van der Waals surface area contributed by atoms with Gasteiger partial charge in [-0.25, -0.2) is 0 Å². The highest BCUT2D eigenvalue weighted by Gasteiger charge is 2.12. The van der Waals surface area contributed by atoms with Crippen LogP contribution in [0.3, 0.4) is 0 Å². The fourth-order valence-corrected chi connectivity index (χ4v) is 1.45. The van der Waals surface area contributed by atoms with Gasteiger partial charge in [0.2, 0.25) is 0 Å². The van der Waals surface area contributed by atoms with Gasteiger partial charge in [0.1, 0.15) is 11.5 Å². The molecular formula is C12H18N2O3. The molecule has 17 heavy (non-hydrogen) atoms. The third-order valence-electron chi connectivity index (χ3n) is 2.50. The summed E-state index contributed by atoms with van der Waals surface area (Å²) in [6.07, 6.45) is 0.826. The van der Waals surface area contributed by atoms with Gasteiger partial charge < -0.3 is 21.3 Å². The smallest absolute Gasteiger partial charge is 0.255 e. The largest absolute Gasteiger partial charge is 0.508 e. The van der Waals surface area contributed by atoms with Crippen LogP contribution >= 0.6 is 0 Å². The van der Waals surface area contributed by atoms with E-state index >= 15 is 0 Å². The van der Waals surface area contributed by atoms with Crippen LogP contribution in [0.15, 0.2) is 18.2 Å². The second kappa shape index (κ2) is 6.10. The molecule has 1 atom stereocenters. The molecular weight excluding hydrogens is 220 g/mol. The van der Waals surface area contributed by atoms with E-state index in [1.165, 1.54) is 18.2 Å². The van der Waals surface area contributed by atoms with Gasteiger partial charge in [0.15, 0.2) is 0 Å². The molecule has 1 rings (SSSR count). The topological polar surface area (TPSA) is 95.6 Å². The molecule has 0 fully saturated rings. The number of nitrogens with one attached hydrogen (secondary N) is 1. The lowest BCUT2D eigenvalue weighted by molar-refractivity contribution is 0.0944. The van der Waals surface area contributed by atoms with Gasteiger partial charge in [0.25, 0.3) is 5.91 Å². The SMILES string of the molecule is CC(CCN)CNC(=O)c1cc(O)ccc1O. The highest BCUT2D eigenvalue weighted by atomic mass is 16.3. The van der Waals surface area contributed by atoms with Gasteiger partial charge in [-0.15, -0.1) is 0 Å². The summed E-state index contributed by atoms with van der Waals surface area (Å²) in [5.74, 6) is -0.319. The van der Waals surface area contributed by atoms with Crippen molar-refractivity contribution >= 4 is 5.91 Å². The zero-order chi connectivity index (χ0) is 12.8. The molecule has 1 aromatic carbocycles. The monoisotopic (exact) mass is 238 g/mol. The third kappa shape index (κ3) is 3.96. The Balaban J connectivity index is 2.61. The number of benzene rings is 1. The molecule has 5 N–H and O–H groups in total. The van der Waals surface area contributed by atoms with Crippen molar-refractivity contribution < 1.29 is 15.0 Å². The van der Waals surface area contributed by atoms with Crippen LogP contribution in [0, 0.1) is 5.92 Å². The van der Waals surface area contributed by atoms with E-state index in [0.29, 0.717) is 13.1 Å². The van der Waals surface area contributed by atoms with E-state index in [1.807, 2.05) is 6.92 Å². The molecule has 0 aromatic heterocycles. The minimum absolute atomic E-state index is 0.0528. The fourth-order valence-electron chi connectivity index (χ4n) is 1.45. The summed E-state index contributed by atoms with van der Waals surface area (Å²) in [6, 6.07) is 3.84. The van der Waals surface area contributed by atoms with Crippen LogP contribution in [0.4, 0.5) is 0 Å². The van der Waals surface area contributed by atoms with Crippen LogP contribution < -0.4 is 11.1 Å². The molecule has 1 amide bonds. The summed E-state index contributed by atoms with van der Waals surface area (Å²) < 4.78 is 0. The van der Waals surface area contributed by atoms with E-state index in [2.05, 4.69) is 5.32 Å². The molecule has 0 saturated heterocycles. The molecule has 0 aliphatic heterocycles. The average Bonchev–Trinajstić information content (AvgIpc) is 2.29. The number of carbonyl (C=O) groups excluding carboxylic acids is 1. The molecule has 5 nitrogen and oxygen atoms in total. The van der Waals surface area contributed by atoms with Gasteiger partial charge in [0.05, 0.1) is 5.56 Å². The fraction of sp³-hybridized carbons (Fsp3) is 0.417. The van der Waals surface area contributed by atoms with Crippen LogP contribution in [0.2, 0.25) is 0 Å². The average molecular weight is 238 g/mol. The first-order chi connectivity index (χ1) is 8.04. The number of carbonyl (C=O) groups is 1. The van der Waals surface area contributed by atoms with Crippen LogP contribution in [0.1, 0.15) is 23.7 Å². The number of amides is 1. The van der Waals surface area contributed by atoms with Crippen molar-refractivity contribution in [3.63, 3.8) is 0 Å². The Labute approximate surface area is 100 Å². The Bertz CT molecular complexity index is 393. The lowest BCUT2D eigenvalue weighted by atomic mass is 10.1. The van der Waals surface area contributed by atoms with Crippen molar-refractivity contribution in [1.82, 2.24) is 5.32 Å². The lowest BCUT2D eigenvalue weighted by Crippen LogP contribution is -2.29. The van der Waals surface area contributed by atoms with Crippen molar-refractivity contribution in [2.45, 2.75) is 13.3 Å². The van der Waals surface area contributed by atoms with Crippen LogP contribution in [0.5, 0.6) is 11.5 Å². The zero-order valence-corrected chi connectivity index (χ0v) is 9.81. The number of phenolic OH excluding ortho intramolecular Hbond substituents is 2. The Morgan fingerprint density at radius 3 is 2.82 bits per heavy atom.